The molecule has 0 amide bonds. The fraction of sp³-hybridized carbons (Fsp3) is 0.625. The summed E-state index contributed by atoms with van der Waals surface area (Å²) in [4.78, 5) is -0.431. The molecule has 0 aliphatic carbocycles. The van der Waals surface area contributed by atoms with E-state index < -0.39 is 22.6 Å². The van der Waals surface area contributed by atoms with Crippen molar-refractivity contribution in [2.24, 2.45) is 5.73 Å². The number of nitrogens with two attached hydrogens (primary N) is 1. The number of halogens is 3. The maximum atomic E-state index is 12.8. The number of hydrogen-bond acceptors (Lipinski definition) is 4. The van der Waals surface area contributed by atoms with Crippen molar-refractivity contribution in [1.29, 1.82) is 0 Å². The maximum Gasteiger partial charge on any atom is 0.435 e. The standard InChI is InChI=1S/C8H11F3N4OS/c1-2-16-4-3-15-6(8(9,10)11)5(7(12)17)13-14-15/h2-4H2,1H3,(H2,12,17). The van der Waals surface area contributed by atoms with E-state index in [2.05, 4.69) is 22.5 Å². The molecule has 0 aromatic carbocycles. The van der Waals surface area contributed by atoms with Crippen LogP contribution >= 0.6 is 12.2 Å². The number of aromatic nitrogens is 3. The quantitative estimate of drug-likeness (QED) is 0.636. The van der Waals surface area contributed by atoms with E-state index >= 15 is 0 Å². The Balaban J connectivity index is 3.01. The van der Waals surface area contributed by atoms with Gasteiger partial charge in [0.2, 0.25) is 0 Å². The SMILES string of the molecule is CCOCCn1nnc(C(N)=S)c1C(F)(F)F. The zero-order valence-corrected chi connectivity index (χ0v) is 9.81. The van der Waals surface area contributed by atoms with Crippen LogP contribution in [0.4, 0.5) is 13.2 Å². The molecule has 0 aliphatic rings. The minimum atomic E-state index is -4.60. The third-order valence-corrected chi connectivity index (χ3v) is 2.08. The number of hydrogen-bond donors (Lipinski definition) is 1. The molecule has 1 rings (SSSR count). The highest BCUT2D eigenvalue weighted by molar-refractivity contribution is 7.80. The van der Waals surface area contributed by atoms with Crippen LogP contribution in [0.15, 0.2) is 0 Å². The summed E-state index contributed by atoms with van der Waals surface area (Å²) in [7, 11) is 0. The van der Waals surface area contributed by atoms with Gasteiger partial charge in [0.25, 0.3) is 0 Å². The number of ether oxygens (including phenoxy) is 1. The van der Waals surface area contributed by atoms with Crippen LogP contribution in [0.2, 0.25) is 0 Å². The highest BCUT2D eigenvalue weighted by atomic mass is 32.1. The fourth-order valence-corrected chi connectivity index (χ4v) is 1.35. The Morgan fingerprint density at radius 1 is 1.53 bits per heavy atom. The molecule has 17 heavy (non-hydrogen) atoms. The molecule has 0 fully saturated rings. The van der Waals surface area contributed by atoms with Gasteiger partial charge in [0.1, 0.15) is 4.99 Å². The predicted octanol–water partition coefficient (Wildman–Crippen LogP) is 0.968. The van der Waals surface area contributed by atoms with E-state index in [0.29, 0.717) is 11.3 Å². The van der Waals surface area contributed by atoms with E-state index in [1.165, 1.54) is 0 Å². The largest absolute Gasteiger partial charge is 0.435 e. The maximum absolute atomic E-state index is 12.8. The number of rotatable bonds is 5. The Labute approximate surface area is 101 Å². The molecule has 9 heteroatoms. The Bertz CT molecular complexity index is 404. The molecule has 0 unspecified atom stereocenters. The van der Waals surface area contributed by atoms with Crippen molar-refractivity contribution in [2.45, 2.75) is 19.6 Å². The van der Waals surface area contributed by atoms with Crippen molar-refractivity contribution < 1.29 is 17.9 Å². The van der Waals surface area contributed by atoms with E-state index in [1.807, 2.05) is 0 Å². The summed E-state index contributed by atoms with van der Waals surface area (Å²) in [6.07, 6.45) is -4.60. The topological polar surface area (TPSA) is 66.0 Å². The molecule has 0 atom stereocenters. The van der Waals surface area contributed by atoms with E-state index in [0.717, 1.165) is 0 Å². The normalized spacial score (nSPS) is 11.8. The summed E-state index contributed by atoms with van der Waals surface area (Å²) >= 11 is 4.50. The van der Waals surface area contributed by atoms with Gasteiger partial charge in [0.15, 0.2) is 11.4 Å². The Hall–Kier alpha value is -1.22. The van der Waals surface area contributed by atoms with Crippen molar-refractivity contribution >= 4 is 17.2 Å². The number of thiocarbonyl (C=S) groups is 1. The first-order chi connectivity index (χ1) is 7.88. The lowest BCUT2D eigenvalue weighted by atomic mass is 10.3. The molecular formula is C8H11F3N4OS. The Morgan fingerprint density at radius 2 is 2.18 bits per heavy atom. The van der Waals surface area contributed by atoms with Gasteiger partial charge < -0.3 is 10.5 Å². The summed E-state index contributed by atoms with van der Waals surface area (Å²) in [6.45, 7) is 2.21. The first kappa shape index (κ1) is 13.8. The summed E-state index contributed by atoms with van der Waals surface area (Å²) in [6, 6.07) is 0. The van der Waals surface area contributed by atoms with Crippen LogP contribution in [0.5, 0.6) is 0 Å². The first-order valence-corrected chi connectivity index (χ1v) is 5.17. The fourth-order valence-electron chi connectivity index (χ4n) is 1.21. The molecule has 2 N–H and O–H groups in total. The summed E-state index contributed by atoms with van der Waals surface area (Å²) in [5.41, 5.74) is 3.62. The molecule has 1 aromatic rings. The molecular weight excluding hydrogens is 257 g/mol. The van der Waals surface area contributed by atoms with Crippen molar-refractivity contribution in [3.63, 3.8) is 0 Å². The second kappa shape index (κ2) is 5.41. The van der Waals surface area contributed by atoms with Gasteiger partial charge in [-0.2, -0.15) is 13.2 Å². The lowest BCUT2D eigenvalue weighted by Gasteiger charge is -2.10. The molecule has 1 aromatic heterocycles. The molecule has 5 nitrogen and oxygen atoms in total. The van der Waals surface area contributed by atoms with Crippen molar-refractivity contribution in [3.8, 4) is 0 Å². The van der Waals surface area contributed by atoms with Crippen LogP contribution < -0.4 is 5.73 Å². The molecule has 0 bridgehead atoms. The van der Waals surface area contributed by atoms with Gasteiger partial charge in [-0.15, -0.1) is 5.10 Å². The smallest absolute Gasteiger partial charge is 0.388 e. The zero-order chi connectivity index (χ0) is 13.1. The summed E-state index contributed by atoms with van der Waals surface area (Å²) in [5, 5.41) is 6.71. The van der Waals surface area contributed by atoms with Crippen LogP contribution in [-0.2, 0) is 17.5 Å². The van der Waals surface area contributed by atoms with Crippen LogP contribution in [0.1, 0.15) is 18.3 Å². The van der Waals surface area contributed by atoms with Crippen LogP contribution in [0, 0.1) is 0 Å². The summed E-state index contributed by atoms with van der Waals surface area (Å²) in [5.74, 6) is 0. The minimum Gasteiger partial charge on any atom is -0.388 e. The predicted molar refractivity (Wildman–Crippen MR) is 57.4 cm³/mol. The van der Waals surface area contributed by atoms with Gasteiger partial charge in [0.05, 0.1) is 13.2 Å². The van der Waals surface area contributed by atoms with E-state index in [9.17, 15) is 13.2 Å². The monoisotopic (exact) mass is 268 g/mol. The average Bonchev–Trinajstić information content (AvgIpc) is 2.61. The van der Waals surface area contributed by atoms with Gasteiger partial charge in [-0.3, -0.25) is 0 Å². The zero-order valence-electron chi connectivity index (χ0n) is 8.99. The molecule has 96 valence electrons. The third-order valence-electron chi connectivity index (χ3n) is 1.89. The van der Waals surface area contributed by atoms with Gasteiger partial charge in [-0.05, 0) is 6.92 Å². The minimum absolute atomic E-state index is 0.0572. The second-order valence-corrected chi connectivity index (χ2v) is 3.51. The van der Waals surface area contributed by atoms with E-state index in [-0.39, 0.29) is 13.2 Å². The Kier molecular flexibility index (Phi) is 4.40. The highest BCUT2D eigenvalue weighted by Gasteiger charge is 2.40. The molecule has 1 heterocycles. The van der Waals surface area contributed by atoms with Gasteiger partial charge in [-0.25, -0.2) is 4.68 Å². The molecule has 0 saturated carbocycles. The molecule has 0 radical (unpaired) electrons. The van der Waals surface area contributed by atoms with E-state index in [4.69, 9.17) is 10.5 Å². The second-order valence-electron chi connectivity index (χ2n) is 3.07. The highest BCUT2D eigenvalue weighted by Crippen LogP contribution is 2.30. The average molecular weight is 268 g/mol. The van der Waals surface area contributed by atoms with Crippen LogP contribution in [-0.4, -0.2) is 33.2 Å². The van der Waals surface area contributed by atoms with Crippen molar-refractivity contribution in [1.82, 2.24) is 15.0 Å². The van der Waals surface area contributed by atoms with Crippen LogP contribution in [0.25, 0.3) is 0 Å². The van der Waals surface area contributed by atoms with Gasteiger partial charge in [-0.1, -0.05) is 17.4 Å². The molecule has 0 saturated heterocycles. The summed E-state index contributed by atoms with van der Waals surface area (Å²) < 4.78 is 43.9. The van der Waals surface area contributed by atoms with Crippen molar-refractivity contribution in [3.05, 3.63) is 11.4 Å². The third kappa shape index (κ3) is 3.37. The van der Waals surface area contributed by atoms with Gasteiger partial charge >= 0.3 is 6.18 Å². The molecule has 0 spiro atoms. The molecule has 0 aliphatic heterocycles. The van der Waals surface area contributed by atoms with E-state index in [1.54, 1.807) is 6.92 Å². The number of nitrogens with zero attached hydrogens (tertiary/aromatic N) is 3. The van der Waals surface area contributed by atoms with Crippen molar-refractivity contribution in [2.75, 3.05) is 13.2 Å². The Morgan fingerprint density at radius 3 is 2.65 bits per heavy atom. The lowest BCUT2D eigenvalue weighted by molar-refractivity contribution is -0.144. The lowest BCUT2D eigenvalue weighted by Crippen LogP contribution is -2.22. The van der Waals surface area contributed by atoms with Gasteiger partial charge in [0, 0.05) is 6.61 Å². The first-order valence-electron chi connectivity index (χ1n) is 4.76. The van der Waals surface area contributed by atoms with Crippen LogP contribution in [0.3, 0.4) is 0 Å². The number of alkyl halides is 3.